The van der Waals surface area contributed by atoms with E-state index in [0.29, 0.717) is 6.42 Å². The second-order valence-electron chi connectivity index (χ2n) is 4.08. The van der Waals surface area contributed by atoms with E-state index in [-0.39, 0.29) is 0 Å². The molecule has 0 radical (unpaired) electrons. The van der Waals surface area contributed by atoms with Gasteiger partial charge in [0.05, 0.1) is 11.1 Å². The SMILES string of the molecule is Cc1csc(CC(O)c2cccc(C)c2Br)n1. The second-order valence-corrected chi connectivity index (χ2v) is 5.82. The third-order valence-electron chi connectivity index (χ3n) is 2.62. The Labute approximate surface area is 113 Å². The molecular formula is C13H14BrNOS. The molecular weight excluding hydrogens is 298 g/mol. The van der Waals surface area contributed by atoms with Crippen molar-refractivity contribution in [2.75, 3.05) is 0 Å². The van der Waals surface area contributed by atoms with Crippen LogP contribution in [0.25, 0.3) is 0 Å². The smallest absolute Gasteiger partial charge is 0.0957 e. The van der Waals surface area contributed by atoms with Gasteiger partial charge in [0, 0.05) is 22.0 Å². The van der Waals surface area contributed by atoms with Crippen LogP contribution in [0.5, 0.6) is 0 Å². The normalized spacial score (nSPS) is 12.7. The molecule has 2 rings (SSSR count). The molecule has 0 fully saturated rings. The summed E-state index contributed by atoms with van der Waals surface area (Å²) in [6.07, 6.45) is 0.0652. The summed E-state index contributed by atoms with van der Waals surface area (Å²) in [5.41, 5.74) is 3.08. The number of thiazole rings is 1. The van der Waals surface area contributed by atoms with Crippen LogP contribution >= 0.6 is 27.3 Å². The van der Waals surface area contributed by atoms with Gasteiger partial charge in [0.2, 0.25) is 0 Å². The topological polar surface area (TPSA) is 33.1 Å². The van der Waals surface area contributed by atoms with E-state index < -0.39 is 6.10 Å². The Morgan fingerprint density at radius 1 is 1.41 bits per heavy atom. The van der Waals surface area contributed by atoms with Gasteiger partial charge in [-0.15, -0.1) is 11.3 Å². The van der Waals surface area contributed by atoms with E-state index in [2.05, 4.69) is 20.9 Å². The second kappa shape index (κ2) is 5.29. The van der Waals surface area contributed by atoms with Gasteiger partial charge in [-0.2, -0.15) is 0 Å². The van der Waals surface area contributed by atoms with Crippen molar-refractivity contribution in [3.63, 3.8) is 0 Å². The van der Waals surface area contributed by atoms with E-state index >= 15 is 0 Å². The Morgan fingerprint density at radius 2 is 2.18 bits per heavy atom. The van der Waals surface area contributed by atoms with Crippen molar-refractivity contribution in [1.29, 1.82) is 0 Å². The number of aliphatic hydroxyl groups excluding tert-OH is 1. The average molecular weight is 312 g/mol. The van der Waals surface area contributed by atoms with Crippen LogP contribution in [0.4, 0.5) is 0 Å². The first-order valence-electron chi connectivity index (χ1n) is 5.42. The summed E-state index contributed by atoms with van der Waals surface area (Å²) >= 11 is 5.12. The zero-order chi connectivity index (χ0) is 12.4. The maximum Gasteiger partial charge on any atom is 0.0957 e. The molecule has 2 aromatic rings. The number of aromatic nitrogens is 1. The summed E-state index contributed by atoms with van der Waals surface area (Å²) in [4.78, 5) is 4.37. The lowest BCUT2D eigenvalue weighted by Gasteiger charge is -2.12. The zero-order valence-corrected chi connectivity index (χ0v) is 12.2. The predicted octanol–water partition coefficient (Wildman–Crippen LogP) is 3.80. The third kappa shape index (κ3) is 2.94. The summed E-state index contributed by atoms with van der Waals surface area (Å²) in [6.45, 7) is 3.99. The first-order chi connectivity index (χ1) is 8.08. The molecule has 2 nitrogen and oxygen atoms in total. The molecule has 1 N–H and O–H groups in total. The van der Waals surface area contributed by atoms with Gasteiger partial charge in [0.15, 0.2) is 0 Å². The van der Waals surface area contributed by atoms with Crippen molar-refractivity contribution in [3.05, 3.63) is 49.9 Å². The van der Waals surface area contributed by atoms with Gasteiger partial charge < -0.3 is 5.11 Å². The molecule has 1 atom stereocenters. The molecule has 90 valence electrons. The highest BCUT2D eigenvalue weighted by Gasteiger charge is 2.14. The molecule has 0 saturated carbocycles. The lowest BCUT2D eigenvalue weighted by molar-refractivity contribution is 0.177. The van der Waals surface area contributed by atoms with E-state index in [0.717, 1.165) is 26.3 Å². The monoisotopic (exact) mass is 311 g/mol. The average Bonchev–Trinajstić information content (AvgIpc) is 2.68. The first-order valence-corrected chi connectivity index (χ1v) is 7.09. The number of rotatable bonds is 3. The van der Waals surface area contributed by atoms with Crippen LogP contribution < -0.4 is 0 Å². The molecule has 4 heteroatoms. The van der Waals surface area contributed by atoms with Gasteiger partial charge in [-0.05, 0) is 25.0 Å². The number of halogens is 1. The number of hydrogen-bond acceptors (Lipinski definition) is 3. The quantitative estimate of drug-likeness (QED) is 0.935. The molecule has 0 spiro atoms. The van der Waals surface area contributed by atoms with Crippen LogP contribution in [-0.2, 0) is 6.42 Å². The van der Waals surface area contributed by atoms with Crippen LogP contribution in [-0.4, -0.2) is 10.1 Å². The van der Waals surface area contributed by atoms with Gasteiger partial charge >= 0.3 is 0 Å². The largest absolute Gasteiger partial charge is 0.388 e. The van der Waals surface area contributed by atoms with Crippen molar-refractivity contribution in [2.45, 2.75) is 26.4 Å². The van der Waals surface area contributed by atoms with Gasteiger partial charge in [-0.1, -0.05) is 34.1 Å². The maximum atomic E-state index is 10.2. The first kappa shape index (κ1) is 12.7. The van der Waals surface area contributed by atoms with Gasteiger partial charge in [0.1, 0.15) is 0 Å². The summed E-state index contributed by atoms with van der Waals surface area (Å²) in [5, 5.41) is 13.2. The molecule has 1 unspecified atom stereocenters. The summed E-state index contributed by atoms with van der Waals surface area (Å²) in [6, 6.07) is 5.93. The molecule has 17 heavy (non-hydrogen) atoms. The van der Waals surface area contributed by atoms with Gasteiger partial charge in [-0.25, -0.2) is 4.98 Å². The van der Waals surface area contributed by atoms with Crippen molar-refractivity contribution >= 4 is 27.3 Å². The van der Waals surface area contributed by atoms with E-state index in [9.17, 15) is 5.11 Å². The highest BCUT2D eigenvalue weighted by atomic mass is 79.9. The molecule has 0 bridgehead atoms. The Morgan fingerprint density at radius 3 is 2.82 bits per heavy atom. The molecule has 0 aliphatic rings. The van der Waals surface area contributed by atoms with Gasteiger partial charge in [0.25, 0.3) is 0 Å². The van der Waals surface area contributed by atoms with Crippen LogP contribution in [0.1, 0.15) is 27.9 Å². The number of nitrogens with zero attached hydrogens (tertiary/aromatic N) is 1. The molecule has 0 aliphatic heterocycles. The molecule has 0 amide bonds. The Bertz CT molecular complexity index is 524. The van der Waals surface area contributed by atoms with Crippen LogP contribution in [0.2, 0.25) is 0 Å². The fraction of sp³-hybridized carbons (Fsp3) is 0.308. The van der Waals surface area contributed by atoms with Crippen molar-refractivity contribution in [3.8, 4) is 0 Å². The minimum Gasteiger partial charge on any atom is -0.388 e. The number of benzene rings is 1. The van der Waals surface area contributed by atoms with Crippen molar-refractivity contribution in [1.82, 2.24) is 4.98 Å². The number of aryl methyl sites for hydroxylation is 2. The third-order valence-corrected chi connectivity index (χ3v) is 4.69. The Balaban J connectivity index is 2.20. The van der Waals surface area contributed by atoms with Crippen LogP contribution in [0.3, 0.4) is 0 Å². The highest BCUT2D eigenvalue weighted by molar-refractivity contribution is 9.10. The van der Waals surface area contributed by atoms with E-state index in [4.69, 9.17) is 0 Å². The Hall–Kier alpha value is -0.710. The fourth-order valence-electron chi connectivity index (χ4n) is 1.70. The fourth-order valence-corrected chi connectivity index (χ4v) is 3.04. The predicted molar refractivity (Wildman–Crippen MR) is 74.4 cm³/mol. The minimum atomic E-state index is -0.505. The van der Waals surface area contributed by atoms with E-state index in [1.165, 1.54) is 0 Å². The van der Waals surface area contributed by atoms with Crippen LogP contribution in [0.15, 0.2) is 28.1 Å². The van der Waals surface area contributed by atoms with E-state index in [1.54, 1.807) is 11.3 Å². The summed E-state index contributed by atoms with van der Waals surface area (Å²) in [5.74, 6) is 0. The number of hydrogen-bond donors (Lipinski definition) is 1. The minimum absolute atomic E-state index is 0.505. The van der Waals surface area contributed by atoms with Gasteiger partial charge in [-0.3, -0.25) is 0 Å². The lowest BCUT2D eigenvalue weighted by Crippen LogP contribution is -2.03. The highest BCUT2D eigenvalue weighted by Crippen LogP contribution is 2.29. The summed E-state index contributed by atoms with van der Waals surface area (Å²) in [7, 11) is 0. The number of aliphatic hydroxyl groups is 1. The molecule has 1 heterocycles. The molecule has 0 aliphatic carbocycles. The Kier molecular flexibility index (Phi) is 3.97. The van der Waals surface area contributed by atoms with Crippen LogP contribution in [0, 0.1) is 13.8 Å². The maximum absolute atomic E-state index is 10.2. The standard InChI is InChI=1S/C13H14BrNOS/c1-8-4-3-5-10(13(8)14)11(16)6-12-15-9(2)7-17-12/h3-5,7,11,16H,6H2,1-2H3. The van der Waals surface area contributed by atoms with Crippen molar-refractivity contribution < 1.29 is 5.11 Å². The van der Waals surface area contributed by atoms with E-state index in [1.807, 2.05) is 37.4 Å². The molecule has 0 saturated heterocycles. The molecule has 1 aromatic carbocycles. The van der Waals surface area contributed by atoms with Crippen molar-refractivity contribution in [2.24, 2.45) is 0 Å². The molecule has 1 aromatic heterocycles. The summed E-state index contributed by atoms with van der Waals surface area (Å²) < 4.78 is 0.987. The zero-order valence-electron chi connectivity index (χ0n) is 9.77. The lowest BCUT2D eigenvalue weighted by atomic mass is 10.0.